The lowest BCUT2D eigenvalue weighted by atomic mass is 10.1. The first-order valence-electron chi connectivity index (χ1n) is 7.09. The van der Waals surface area contributed by atoms with Crippen LogP contribution in [0.25, 0.3) is 0 Å². The third-order valence-corrected chi connectivity index (χ3v) is 3.94. The molecule has 0 saturated heterocycles. The minimum absolute atomic E-state index is 0.159. The minimum atomic E-state index is -4.43. The molecule has 0 radical (unpaired) electrons. The summed E-state index contributed by atoms with van der Waals surface area (Å²) in [5.41, 5.74) is 0.844. The maximum atomic E-state index is 12.7. The zero-order valence-corrected chi connectivity index (χ0v) is 13.7. The first kappa shape index (κ1) is 18.2. The fraction of sp³-hybridized carbons (Fsp3) is 0.235. The molecule has 128 valence electrons. The lowest BCUT2D eigenvalue weighted by molar-refractivity contribution is -0.137. The zero-order chi connectivity index (χ0) is 17.7. The summed E-state index contributed by atoms with van der Waals surface area (Å²) in [6.45, 7) is 0. The van der Waals surface area contributed by atoms with E-state index in [4.69, 9.17) is 0 Å². The summed E-state index contributed by atoms with van der Waals surface area (Å²) in [5, 5.41) is 2.64. The Morgan fingerprint density at radius 3 is 2.42 bits per heavy atom. The van der Waals surface area contributed by atoms with Crippen LogP contribution in [-0.2, 0) is 33.9 Å². The predicted octanol–water partition coefficient (Wildman–Crippen LogP) is 3.77. The molecule has 1 atom stereocenters. The standard InChI is InChI=1S/C17H16F3NO2S/c1-24(23)11-13-5-3-7-15(9-13)21-16(22)10-12-4-2-6-14(8-12)17(18,19)20/h2-9H,10-11H2,1H3,(H,21,22). The van der Waals surface area contributed by atoms with E-state index in [1.807, 2.05) is 0 Å². The first-order chi connectivity index (χ1) is 11.2. The van der Waals surface area contributed by atoms with E-state index in [1.165, 1.54) is 12.1 Å². The van der Waals surface area contributed by atoms with Gasteiger partial charge in [-0.25, -0.2) is 0 Å². The highest BCUT2D eigenvalue weighted by molar-refractivity contribution is 7.83. The van der Waals surface area contributed by atoms with Gasteiger partial charge in [-0.05, 0) is 29.3 Å². The van der Waals surface area contributed by atoms with Crippen molar-refractivity contribution < 1.29 is 22.2 Å². The van der Waals surface area contributed by atoms with Crippen LogP contribution in [0.3, 0.4) is 0 Å². The molecule has 2 rings (SSSR count). The van der Waals surface area contributed by atoms with E-state index >= 15 is 0 Å². The molecule has 0 spiro atoms. The number of carbonyl (C=O) groups excluding carboxylic acids is 1. The average Bonchev–Trinajstić information content (AvgIpc) is 2.46. The Bertz CT molecular complexity index is 759. The van der Waals surface area contributed by atoms with Crippen LogP contribution in [0.5, 0.6) is 0 Å². The predicted molar refractivity (Wildman–Crippen MR) is 88.0 cm³/mol. The number of benzene rings is 2. The van der Waals surface area contributed by atoms with E-state index in [0.717, 1.165) is 17.7 Å². The monoisotopic (exact) mass is 355 g/mol. The molecule has 0 aromatic heterocycles. The molecule has 0 saturated carbocycles. The van der Waals surface area contributed by atoms with E-state index in [0.29, 0.717) is 11.4 Å². The topological polar surface area (TPSA) is 46.2 Å². The second-order valence-corrected chi connectivity index (χ2v) is 6.78. The SMILES string of the molecule is CS(=O)Cc1cccc(NC(=O)Cc2cccc(C(F)(F)F)c2)c1. The molecule has 7 heteroatoms. The van der Waals surface area contributed by atoms with Gasteiger partial charge in [0.25, 0.3) is 0 Å². The first-order valence-corrected chi connectivity index (χ1v) is 8.82. The highest BCUT2D eigenvalue weighted by Gasteiger charge is 2.30. The fourth-order valence-corrected chi connectivity index (χ4v) is 2.87. The molecule has 0 heterocycles. The van der Waals surface area contributed by atoms with Crippen LogP contribution < -0.4 is 5.32 Å². The maximum absolute atomic E-state index is 12.7. The van der Waals surface area contributed by atoms with Crippen molar-refractivity contribution in [2.24, 2.45) is 0 Å². The molecule has 0 bridgehead atoms. The number of rotatable bonds is 5. The van der Waals surface area contributed by atoms with Gasteiger partial charge in [0.15, 0.2) is 0 Å². The Morgan fingerprint density at radius 1 is 1.08 bits per heavy atom. The maximum Gasteiger partial charge on any atom is 0.416 e. The normalized spacial score (nSPS) is 12.7. The summed E-state index contributed by atoms with van der Waals surface area (Å²) in [6, 6.07) is 11.6. The second kappa shape index (κ2) is 7.61. The van der Waals surface area contributed by atoms with Gasteiger partial charge in [0.1, 0.15) is 0 Å². The highest BCUT2D eigenvalue weighted by atomic mass is 32.2. The molecule has 3 nitrogen and oxygen atoms in total. The number of amides is 1. The van der Waals surface area contributed by atoms with Crippen LogP contribution in [0.4, 0.5) is 18.9 Å². The summed E-state index contributed by atoms with van der Waals surface area (Å²) in [6.07, 6.45) is -3.01. The van der Waals surface area contributed by atoms with Crippen molar-refractivity contribution in [3.8, 4) is 0 Å². The largest absolute Gasteiger partial charge is 0.416 e. The number of hydrogen-bond acceptors (Lipinski definition) is 2. The lowest BCUT2D eigenvalue weighted by Gasteiger charge is -2.10. The molecular weight excluding hydrogens is 339 g/mol. The molecule has 0 aliphatic heterocycles. The molecule has 2 aromatic rings. The number of hydrogen-bond donors (Lipinski definition) is 1. The van der Waals surface area contributed by atoms with Crippen molar-refractivity contribution in [2.75, 3.05) is 11.6 Å². The number of alkyl halides is 3. The molecular formula is C17H16F3NO2S. The van der Waals surface area contributed by atoms with Crippen LogP contribution >= 0.6 is 0 Å². The third kappa shape index (κ3) is 5.49. The van der Waals surface area contributed by atoms with Crippen LogP contribution in [0, 0.1) is 0 Å². The molecule has 2 aromatic carbocycles. The Balaban J connectivity index is 2.05. The Morgan fingerprint density at radius 2 is 1.75 bits per heavy atom. The summed E-state index contributed by atoms with van der Waals surface area (Å²) < 4.78 is 49.3. The molecule has 1 N–H and O–H groups in total. The summed E-state index contributed by atoms with van der Waals surface area (Å²) in [4.78, 5) is 12.0. The van der Waals surface area contributed by atoms with E-state index in [1.54, 1.807) is 30.5 Å². The van der Waals surface area contributed by atoms with E-state index in [-0.39, 0.29) is 12.0 Å². The summed E-state index contributed by atoms with van der Waals surface area (Å²) >= 11 is 0. The highest BCUT2D eigenvalue weighted by Crippen LogP contribution is 2.29. The van der Waals surface area contributed by atoms with E-state index in [9.17, 15) is 22.2 Å². The quantitative estimate of drug-likeness (QED) is 0.888. The van der Waals surface area contributed by atoms with Gasteiger partial charge < -0.3 is 5.32 Å². The average molecular weight is 355 g/mol. The summed E-state index contributed by atoms with van der Waals surface area (Å²) in [7, 11) is -0.999. The Labute approximate surface area is 140 Å². The van der Waals surface area contributed by atoms with Crippen molar-refractivity contribution in [3.05, 3.63) is 65.2 Å². The zero-order valence-electron chi connectivity index (χ0n) is 12.9. The van der Waals surface area contributed by atoms with Crippen LogP contribution in [-0.4, -0.2) is 16.4 Å². The fourth-order valence-electron chi connectivity index (χ4n) is 2.22. The summed E-state index contributed by atoms with van der Waals surface area (Å²) in [5.74, 6) is -0.0405. The van der Waals surface area contributed by atoms with Gasteiger partial charge in [-0.1, -0.05) is 30.3 Å². The van der Waals surface area contributed by atoms with Crippen molar-refractivity contribution in [3.63, 3.8) is 0 Å². The third-order valence-electron chi connectivity index (χ3n) is 3.20. The van der Waals surface area contributed by atoms with Crippen molar-refractivity contribution in [2.45, 2.75) is 18.3 Å². The van der Waals surface area contributed by atoms with Gasteiger partial charge in [-0.15, -0.1) is 0 Å². The van der Waals surface area contributed by atoms with Crippen LogP contribution in [0.1, 0.15) is 16.7 Å². The number of carbonyl (C=O) groups is 1. The Hall–Kier alpha value is -2.15. The van der Waals surface area contributed by atoms with Gasteiger partial charge in [-0.3, -0.25) is 9.00 Å². The molecule has 0 fully saturated rings. The number of anilines is 1. The second-order valence-electron chi connectivity index (χ2n) is 5.34. The lowest BCUT2D eigenvalue weighted by Crippen LogP contribution is -2.15. The van der Waals surface area contributed by atoms with Gasteiger partial charge in [0.05, 0.1) is 12.0 Å². The van der Waals surface area contributed by atoms with Crippen LogP contribution in [0.2, 0.25) is 0 Å². The van der Waals surface area contributed by atoms with Gasteiger partial charge in [-0.2, -0.15) is 13.2 Å². The van der Waals surface area contributed by atoms with Crippen molar-refractivity contribution in [1.29, 1.82) is 0 Å². The van der Waals surface area contributed by atoms with Gasteiger partial charge in [0.2, 0.25) is 5.91 Å². The number of halogens is 3. The van der Waals surface area contributed by atoms with Gasteiger partial charge >= 0.3 is 6.18 Å². The Kier molecular flexibility index (Phi) is 5.77. The smallest absolute Gasteiger partial charge is 0.326 e. The molecule has 0 aliphatic carbocycles. The minimum Gasteiger partial charge on any atom is -0.326 e. The number of nitrogens with one attached hydrogen (secondary N) is 1. The molecule has 1 amide bonds. The van der Waals surface area contributed by atoms with E-state index in [2.05, 4.69) is 5.32 Å². The van der Waals surface area contributed by atoms with Crippen molar-refractivity contribution >= 4 is 22.4 Å². The van der Waals surface area contributed by atoms with Crippen molar-refractivity contribution in [1.82, 2.24) is 0 Å². The molecule has 0 aliphatic rings. The van der Waals surface area contributed by atoms with Crippen LogP contribution in [0.15, 0.2) is 48.5 Å². The van der Waals surface area contributed by atoms with E-state index < -0.39 is 28.4 Å². The molecule has 24 heavy (non-hydrogen) atoms. The molecule has 1 unspecified atom stereocenters. The van der Waals surface area contributed by atoms with Gasteiger partial charge in [0, 0.05) is 28.5 Å².